The summed E-state index contributed by atoms with van der Waals surface area (Å²) >= 11 is 3.61. The third-order valence-corrected chi connectivity index (χ3v) is 5.11. The molecule has 4 rings (SSSR count). The number of aromatic nitrogens is 3. The highest BCUT2D eigenvalue weighted by Gasteiger charge is 2.45. The Morgan fingerprint density at radius 2 is 2.12 bits per heavy atom. The maximum atomic E-state index is 12.2. The summed E-state index contributed by atoms with van der Waals surface area (Å²) in [5.41, 5.74) is 2.51. The SMILES string of the molecule is O=C(NCC1(c2ccccc2Br)CC1)Nc1cnn2cccnc12. The molecule has 6 nitrogen and oxygen atoms in total. The number of carbonyl (C=O) groups is 1. The molecule has 1 aliphatic carbocycles. The van der Waals surface area contributed by atoms with E-state index < -0.39 is 0 Å². The maximum Gasteiger partial charge on any atom is 0.319 e. The van der Waals surface area contributed by atoms with E-state index in [1.807, 2.05) is 18.2 Å². The lowest BCUT2D eigenvalue weighted by Crippen LogP contribution is -2.35. The number of hydrogen-bond acceptors (Lipinski definition) is 3. The minimum absolute atomic E-state index is 0.0385. The molecule has 7 heteroatoms. The van der Waals surface area contributed by atoms with Gasteiger partial charge in [0.05, 0.1) is 6.20 Å². The van der Waals surface area contributed by atoms with Gasteiger partial charge in [0.2, 0.25) is 0 Å². The number of carbonyl (C=O) groups excluding carboxylic acids is 1. The fourth-order valence-electron chi connectivity index (χ4n) is 2.91. The van der Waals surface area contributed by atoms with Crippen LogP contribution in [0.5, 0.6) is 0 Å². The smallest absolute Gasteiger partial charge is 0.319 e. The summed E-state index contributed by atoms with van der Waals surface area (Å²) in [6.07, 6.45) is 7.22. The molecule has 0 bridgehead atoms. The molecule has 0 radical (unpaired) electrons. The Labute approximate surface area is 147 Å². The van der Waals surface area contributed by atoms with Crippen molar-refractivity contribution in [2.24, 2.45) is 0 Å². The van der Waals surface area contributed by atoms with Gasteiger partial charge in [-0.05, 0) is 30.5 Å². The Balaban J connectivity index is 1.43. The van der Waals surface area contributed by atoms with Crippen LogP contribution in [0.1, 0.15) is 18.4 Å². The van der Waals surface area contributed by atoms with E-state index in [2.05, 4.69) is 42.7 Å². The predicted octanol–water partition coefficient (Wildman–Crippen LogP) is 3.35. The largest absolute Gasteiger partial charge is 0.337 e. The van der Waals surface area contributed by atoms with Crippen LogP contribution >= 0.6 is 15.9 Å². The Morgan fingerprint density at radius 1 is 1.29 bits per heavy atom. The standard InChI is InChI=1S/C17H16BrN5O/c18-13-5-2-1-4-12(13)17(6-7-17)11-20-16(24)22-14-10-21-23-9-3-8-19-15(14)23/h1-5,8-10H,6-7,11H2,(H2,20,22,24). The average molecular weight is 386 g/mol. The maximum absolute atomic E-state index is 12.2. The van der Waals surface area contributed by atoms with Crippen molar-refractivity contribution in [3.05, 3.63) is 59.0 Å². The van der Waals surface area contributed by atoms with Gasteiger partial charge >= 0.3 is 6.03 Å². The van der Waals surface area contributed by atoms with Gasteiger partial charge in [-0.2, -0.15) is 5.10 Å². The van der Waals surface area contributed by atoms with Gasteiger partial charge in [-0.3, -0.25) is 0 Å². The molecule has 0 unspecified atom stereocenters. The second-order valence-corrected chi connectivity index (χ2v) is 6.87. The second kappa shape index (κ2) is 5.90. The van der Waals surface area contributed by atoms with Gasteiger partial charge in [-0.15, -0.1) is 0 Å². The van der Waals surface area contributed by atoms with E-state index in [9.17, 15) is 4.79 Å². The zero-order chi connectivity index (χ0) is 16.6. The van der Waals surface area contributed by atoms with Gasteiger partial charge in [0.25, 0.3) is 0 Å². The van der Waals surface area contributed by atoms with E-state index in [0.29, 0.717) is 17.9 Å². The number of halogens is 1. The van der Waals surface area contributed by atoms with Gasteiger partial charge in [-0.1, -0.05) is 34.1 Å². The van der Waals surface area contributed by atoms with Crippen LogP contribution in [0.25, 0.3) is 5.65 Å². The Hall–Kier alpha value is -2.41. The van der Waals surface area contributed by atoms with Crippen molar-refractivity contribution in [2.45, 2.75) is 18.3 Å². The predicted molar refractivity (Wildman–Crippen MR) is 95.1 cm³/mol. The van der Waals surface area contributed by atoms with Crippen molar-refractivity contribution < 1.29 is 4.79 Å². The molecule has 0 spiro atoms. The number of fused-ring (bicyclic) bond motifs is 1. The molecule has 24 heavy (non-hydrogen) atoms. The van der Waals surface area contributed by atoms with Crippen molar-refractivity contribution in [3.8, 4) is 0 Å². The molecule has 0 saturated heterocycles. The summed E-state index contributed by atoms with van der Waals surface area (Å²) in [6.45, 7) is 0.605. The number of rotatable bonds is 4. The summed E-state index contributed by atoms with van der Waals surface area (Å²) in [4.78, 5) is 16.5. The van der Waals surface area contributed by atoms with E-state index in [-0.39, 0.29) is 11.4 Å². The molecule has 2 aromatic heterocycles. The summed E-state index contributed by atoms with van der Waals surface area (Å²) in [6, 6.07) is 9.74. The second-order valence-electron chi connectivity index (χ2n) is 6.01. The van der Waals surface area contributed by atoms with Crippen LogP contribution in [0.4, 0.5) is 10.5 Å². The van der Waals surface area contributed by atoms with Crippen LogP contribution in [-0.2, 0) is 5.41 Å². The minimum atomic E-state index is -0.242. The van der Waals surface area contributed by atoms with E-state index in [1.165, 1.54) is 5.56 Å². The van der Waals surface area contributed by atoms with Gasteiger partial charge in [0.15, 0.2) is 5.65 Å². The number of nitrogens with one attached hydrogen (secondary N) is 2. The van der Waals surface area contributed by atoms with Crippen LogP contribution in [0, 0.1) is 0 Å². The monoisotopic (exact) mass is 385 g/mol. The lowest BCUT2D eigenvalue weighted by atomic mass is 9.96. The number of anilines is 1. The highest BCUT2D eigenvalue weighted by molar-refractivity contribution is 9.10. The first-order valence-corrected chi connectivity index (χ1v) is 8.55. The van der Waals surface area contributed by atoms with Crippen LogP contribution in [-0.4, -0.2) is 27.2 Å². The topological polar surface area (TPSA) is 71.3 Å². The molecule has 0 atom stereocenters. The zero-order valence-electron chi connectivity index (χ0n) is 12.9. The molecule has 1 aliphatic rings. The molecular weight excluding hydrogens is 370 g/mol. The zero-order valence-corrected chi connectivity index (χ0v) is 14.5. The average Bonchev–Trinajstić information content (AvgIpc) is 3.29. The highest BCUT2D eigenvalue weighted by atomic mass is 79.9. The number of benzene rings is 1. The van der Waals surface area contributed by atoms with Gasteiger partial charge in [0, 0.05) is 28.8 Å². The third kappa shape index (κ3) is 2.75. The van der Waals surface area contributed by atoms with Crippen LogP contribution in [0.3, 0.4) is 0 Å². The number of urea groups is 1. The van der Waals surface area contributed by atoms with E-state index in [4.69, 9.17) is 0 Å². The Bertz CT molecular complexity index is 903. The first-order chi connectivity index (χ1) is 11.7. The van der Waals surface area contributed by atoms with Crippen LogP contribution < -0.4 is 10.6 Å². The molecule has 0 aliphatic heterocycles. The Morgan fingerprint density at radius 3 is 2.92 bits per heavy atom. The van der Waals surface area contributed by atoms with E-state index in [1.54, 1.807) is 29.2 Å². The molecule has 3 aromatic rings. The molecule has 2 heterocycles. The van der Waals surface area contributed by atoms with Crippen LogP contribution in [0.2, 0.25) is 0 Å². The first kappa shape index (κ1) is 15.1. The fourth-order valence-corrected chi connectivity index (χ4v) is 3.62. The molecular formula is C17H16BrN5O. The molecule has 122 valence electrons. The van der Waals surface area contributed by atoms with Gasteiger partial charge < -0.3 is 10.6 Å². The number of amides is 2. The fraction of sp³-hybridized carbons (Fsp3) is 0.235. The summed E-state index contributed by atoms with van der Waals surface area (Å²) < 4.78 is 2.72. The molecule has 2 amide bonds. The summed E-state index contributed by atoms with van der Waals surface area (Å²) in [7, 11) is 0. The molecule has 1 saturated carbocycles. The van der Waals surface area contributed by atoms with Crippen molar-refractivity contribution in [1.29, 1.82) is 0 Å². The summed E-state index contributed by atoms with van der Waals surface area (Å²) in [5, 5.41) is 9.96. The van der Waals surface area contributed by atoms with Crippen molar-refractivity contribution in [1.82, 2.24) is 19.9 Å². The molecule has 2 N–H and O–H groups in total. The quantitative estimate of drug-likeness (QED) is 0.723. The van der Waals surface area contributed by atoms with Gasteiger partial charge in [-0.25, -0.2) is 14.3 Å². The van der Waals surface area contributed by atoms with Crippen molar-refractivity contribution >= 4 is 33.3 Å². The van der Waals surface area contributed by atoms with Crippen LogP contribution in [0.15, 0.2) is 53.4 Å². The number of nitrogens with zero attached hydrogens (tertiary/aromatic N) is 3. The lowest BCUT2D eigenvalue weighted by Gasteiger charge is -2.18. The normalized spacial score (nSPS) is 15.2. The minimum Gasteiger partial charge on any atom is -0.337 e. The first-order valence-electron chi connectivity index (χ1n) is 7.76. The Kier molecular flexibility index (Phi) is 3.72. The van der Waals surface area contributed by atoms with Crippen molar-refractivity contribution in [3.63, 3.8) is 0 Å². The number of hydrogen-bond donors (Lipinski definition) is 2. The highest BCUT2D eigenvalue weighted by Crippen LogP contribution is 2.49. The summed E-state index contributed by atoms with van der Waals surface area (Å²) in [5.74, 6) is 0. The van der Waals surface area contributed by atoms with Crippen molar-refractivity contribution in [2.75, 3.05) is 11.9 Å². The lowest BCUT2D eigenvalue weighted by molar-refractivity contribution is 0.251. The molecule has 1 fully saturated rings. The van der Waals surface area contributed by atoms with E-state index >= 15 is 0 Å². The molecule has 1 aromatic carbocycles. The van der Waals surface area contributed by atoms with E-state index in [0.717, 1.165) is 17.3 Å². The van der Waals surface area contributed by atoms with Gasteiger partial charge in [0.1, 0.15) is 5.69 Å². The third-order valence-electron chi connectivity index (χ3n) is 4.41.